The third-order valence-electron chi connectivity index (χ3n) is 5.80. The first kappa shape index (κ1) is 26.8. The van der Waals surface area contributed by atoms with E-state index in [1.54, 1.807) is 30.3 Å². The standard InChI is InChI=1S/C26H21BrCl2N4O4/c1-3-15(2)25-31-23-8-5-18(27)11-21(23)26(34)32(25)30-13-17-10-20(33(35)36)7-9-24(17)37-14-16-4-6-19(28)12-22(16)29/h4-13,15H,3,14H2,1-2H3/t15-/m0/s1. The lowest BCUT2D eigenvalue weighted by molar-refractivity contribution is -0.384. The van der Waals surface area contributed by atoms with E-state index in [0.717, 1.165) is 10.9 Å². The zero-order chi connectivity index (χ0) is 26.7. The van der Waals surface area contributed by atoms with Crippen molar-refractivity contribution >= 4 is 61.9 Å². The van der Waals surface area contributed by atoms with Gasteiger partial charge < -0.3 is 4.74 Å². The number of non-ortho nitro benzene ring substituents is 1. The minimum absolute atomic E-state index is 0.0641. The van der Waals surface area contributed by atoms with Crippen LogP contribution in [0, 0.1) is 10.1 Å². The molecular formula is C26H21BrCl2N4O4. The van der Waals surface area contributed by atoms with Gasteiger partial charge in [0.1, 0.15) is 18.2 Å². The van der Waals surface area contributed by atoms with Gasteiger partial charge in [-0.15, -0.1) is 0 Å². The Balaban J connectivity index is 1.78. The molecule has 0 aliphatic rings. The van der Waals surface area contributed by atoms with Crippen LogP contribution in [0.3, 0.4) is 0 Å². The van der Waals surface area contributed by atoms with Gasteiger partial charge in [0.2, 0.25) is 0 Å². The second kappa shape index (κ2) is 11.4. The molecule has 0 amide bonds. The topological polar surface area (TPSA) is 99.6 Å². The van der Waals surface area contributed by atoms with Gasteiger partial charge in [0.05, 0.1) is 22.0 Å². The maximum absolute atomic E-state index is 13.4. The number of hydrogen-bond donors (Lipinski definition) is 0. The number of rotatable bonds is 8. The van der Waals surface area contributed by atoms with Crippen molar-refractivity contribution in [2.45, 2.75) is 32.8 Å². The summed E-state index contributed by atoms with van der Waals surface area (Å²) in [7, 11) is 0. The molecule has 1 heterocycles. The van der Waals surface area contributed by atoms with Gasteiger partial charge in [-0.25, -0.2) is 4.98 Å². The second-order valence-electron chi connectivity index (χ2n) is 8.31. The molecule has 3 aromatic carbocycles. The van der Waals surface area contributed by atoms with Crippen LogP contribution in [-0.4, -0.2) is 20.8 Å². The van der Waals surface area contributed by atoms with Gasteiger partial charge in [0, 0.05) is 43.7 Å². The van der Waals surface area contributed by atoms with Crippen molar-refractivity contribution in [2.75, 3.05) is 0 Å². The monoisotopic (exact) mass is 602 g/mol. The Morgan fingerprint density at radius 1 is 1.19 bits per heavy atom. The van der Waals surface area contributed by atoms with Crippen molar-refractivity contribution in [2.24, 2.45) is 5.10 Å². The molecule has 0 unspecified atom stereocenters. The minimum atomic E-state index is -0.511. The number of nitrogens with zero attached hydrogens (tertiary/aromatic N) is 4. The van der Waals surface area contributed by atoms with E-state index in [-0.39, 0.29) is 23.8 Å². The molecule has 4 rings (SSSR count). The van der Waals surface area contributed by atoms with Crippen LogP contribution in [0.1, 0.15) is 43.1 Å². The van der Waals surface area contributed by atoms with Crippen molar-refractivity contribution < 1.29 is 9.66 Å². The summed E-state index contributed by atoms with van der Waals surface area (Å²) in [5, 5.41) is 17.2. The van der Waals surface area contributed by atoms with Crippen molar-refractivity contribution in [3.63, 3.8) is 0 Å². The smallest absolute Gasteiger partial charge is 0.282 e. The molecule has 11 heteroatoms. The van der Waals surface area contributed by atoms with E-state index in [9.17, 15) is 14.9 Å². The first-order chi connectivity index (χ1) is 17.7. The van der Waals surface area contributed by atoms with Gasteiger partial charge in [-0.1, -0.05) is 59.0 Å². The van der Waals surface area contributed by atoms with Crippen LogP contribution < -0.4 is 10.3 Å². The number of aromatic nitrogens is 2. The molecule has 0 N–H and O–H groups in total. The molecule has 0 bridgehead atoms. The van der Waals surface area contributed by atoms with E-state index in [1.165, 1.54) is 29.1 Å². The Morgan fingerprint density at radius 3 is 2.68 bits per heavy atom. The van der Waals surface area contributed by atoms with Crippen LogP contribution in [0.2, 0.25) is 10.0 Å². The predicted molar refractivity (Wildman–Crippen MR) is 149 cm³/mol. The van der Waals surface area contributed by atoms with Gasteiger partial charge in [-0.2, -0.15) is 9.78 Å². The lowest BCUT2D eigenvalue weighted by atomic mass is 10.1. The van der Waals surface area contributed by atoms with Gasteiger partial charge in [-0.3, -0.25) is 14.9 Å². The predicted octanol–water partition coefficient (Wildman–Crippen LogP) is 7.35. The fourth-order valence-electron chi connectivity index (χ4n) is 3.58. The lowest BCUT2D eigenvalue weighted by Crippen LogP contribution is -2.23. The van der Waals surface area contributed by atoms with Crippen LogP contribution in [-0.2, 0) is 6.61 Å². The fourth-order valence-corrected chi connectivity index (χ4v) is 4.40. The number of halogens is 3. The maximum atomic E-state index is 13.4. The molecule has 0 radical (unpaired) electrons. The van der Waals surface area contributed by atoms with Crippen molar-refractivity contribution in [1.82, 2.24) is 9.66 Å². The molecule has 0 spiro atoms. The zero-order valence-corrected chi connectivity index (χ0v) is 22.9. The van der Waals surface area contributed by atoms with Gasteiger partial charge >= 0.3 is 0 Å². The number of ether oxygens (including phenoxy) is 1. The summed E-state index contributed by atoms with van der Waals surface area (Å²) in [6.07, 6.45) is 2.10. The minimum Gasteiger partial charge on any atom is -0.488 e. The molecule has 0 saturated carbocycles. The van der Waals surface area contributed by atoms with Crippen molar-refractivity contribution in [3.05, 3.63) is 107 Å². The molecule has 190 valence electrons. The van der Waals surface area contributed by atoms with Crippen LogP contribution in [0.4, 0.5) is 5.69 Å². The van der Waals surface area contributed by atoms with E-state index in [4.69, 9.17) is 27.9 Å². The summed E-state index contributed by atoms with van der Waals surface area (Å²) in [5.41, 5.74) is 1.07. The Morgan fingerprint density at radius 2 is 1.97 bits per heavy atom. The molecule has 1 atom stereocenters. The van der Waals surface area contributed by atoms with Crippen molar-refractivity contribution in [3.8, 4) is 5.75 Å². The van der Waals surface area contributed by atoms with E-state index in [0.29, 0.717) is 43.6 Å². The number of nitro benzene ring substituents is 1. The third-order valence-corrected chi connectivity index (χ3v) is 6.88. The summed E-state index contributed by atoms with van der Waals surface area (Å²) in [4.78, 5) is 29.0. The SMILES string of the molecule is CC[C@H](C)c1nc2ccc(Br)cc2c(=O)n1N=Cc1cc([N+](=O)[O-])ccc1OCc1ccc(Cl)cc1Cl. The summed E-state index contributed by atoms with van der Waals surface area (Å²) in [6.45, 7) is 4.04. The van der Waals surface area contributed by atoms with E-state index in [1.807, 2.05) is 19.9 Å². The Bertz CT molecular complexity index is 1590. The lowest BCUT2D eigenvalue weighted by Gasteiger charge is -2.14. The quantitative estimate of drug-likeness (QED) is 0.119. The van der Waals surface area contributed by atoms with E-state index in [2.05, 4.69) is 26.0 Å². The van der Waals surface area contributed by atoms with Gasteiger partial charge in [-0.05, 0) is 42.8 Å². The molecule has 1 aromatic heterocycles. The zero-order valence-electron chi connectivity index (χ0n) is 19.8. The first-order valence-corrected chi connectivity index (χ1v) is 12.8. The Hall–Kier alpha value is -3.27. The Kier molecular flexibility index (Phi) is 8.26. The highest BCUT2D eigenvalue weighted by Gasteiger charge is 2.17. The second-order valence-corrected chi connectivity index (χ2v) is 10.1. The van der Waals surface area contributed by atoms with Gasteiger partial charge in [0.15, 0.2) is 0 Å². The van der Waals surface area contributed by atoms with Gasteiger partial charge in [0.25, 0.3) is 11.2 Å². The van der Waals surface area contributed by atoms with E-state index >= 15 is 0 Å². The number of hydrogen-bond acceptors (Lipinski definition) is 6. The molecule has 0 aliphatic carbocycles. The summed E-state index contributed by atoms with van der Waals surface area (Å²) in [5.74, 6) is 0.750. The molecule has 0 saturated heterocycles. The van der Waals surface area contributed by atoms with Crippen LogP contribution in [0.25, 0.3) is 10.9 Å². The normalized spacial score (nSPS) is 12.2. The summed E-state index contributed by atoms with van der Waals surface area (Å²) >= 11 is 15.6. The van der Waals surface area contributed by atoms with Crippen LogP contribution >= 0.6 is 39.1 Å². The van der Waals surface area contributed by atoms with E-state index < -0.39 is 4.92 Å². The maximum Gasteiger partial charge on any atom is 0.282 e. The highest BCUT2D eigenvalue weighted by atomic mass is 79.9. The largest absolute Gasteiger partial charge is 0.488 e. The number of benzene rings is 3. The molecule has 0 aliphatic heterocycles. The first-order valence-electron chi connectivity index (χ1n) is 11.3. The average Bonchev–Trinajstić information content (AvgIpc) is 2.87. The molecule has 0 fully saturated rings. The fraction of sp³-hybridized carbons (Fsp3) is 0.192. The summed E-state index contributed by atoms with van der Waals surface area (Å²) < 4.78 is 7.91. The number of fused-ring (bicyclic) bond motifs is 1. The average molecular weight is 604 g/mol. The molecule has 4 aromatic rings. The summed E-state index contributed by atoms with van der Waals surface area (Å²) in [6, 6.07) is 14.5. The molecule has 8 nitrogen and oxygen atoms in total. The van der Waals surface area contributed by atoms with Crippen LogP contribution in [0.5, 0.6) is 5.75 Å². The van der Waals surface area contributed by atoms with Crippen LogP contribution in [0.15, 0.2) is 69.0 Å². The highest BCUT2D eigenvalue weighted by Crippen LogP contribution is 2.27. The molecular weight excluding hydrogens is 583 g/mol. The third kappa shape index (κ3) is 6.01. The Labute approximate surface area is 230 Å². The molecule has 37 heavy (non-hydrogen) atoms. The number of nitro groups is 1. The van der Waals surface area contributed by atoms with Crippen molar-refractivity contribution in [1.29, 1.82) is 0 Å². The highest BCUT2D eigenvalue weighted by molar-refractivity contribution is 9.10.